The Labute approximate surface area is 219 Å². The Morgan fingerprint density at radius 3 is 2.37 bits per heavy atom. The average molecular weight is 536 g/mol. The zero-order valence-electron chi connectivity index (χ0n) is 21.8. The molecule has 0 aliphatic carbocycles. The van der Waals surface area contributed by atoms with Gasteiger partial charge in [0.1, 0.15) is 5.82 Å². The minimum absolute atomic E-state index is 0.164. The summed E-state index contributed by atoms with van der Waals surface area (Å²) in [4.78, 5) is 30.1. The number of rotatable bonds is 7. The SMILES string of the molecule is C[C@@H](CN1CC(C)(C)c2cc(F)ccc21)NC(=O)[C@@H](CC(=O)N1CCOCC1)c1ccc(C(F)(F)F)cc1. The lowest BCUT2D eigenvalue weighted by molar-refractivity contribution is -0.138. The second-order valence-corrected chi connectivity index (χ2v) is 10.7. The number of amides is 2. The van der Waals surface area contributed by atoms with Gasteiger partial charge in [0.15, 0.2) is 0 Å². The minimum atomic E-state index is -4.50. The van der Waals surface area contributed by atoms with E-state index in [2.05, 4.69) is 10.2 Å². The Morgan fingerprint density at radius 2 is 1.74 bits per heavy atom. The number of alkyl halides is 3. The maximum atomic E-state index is 13.9. The third-order valence-corrected chi connectivity index (χ3v) is 7.20. The fourth-order valence-corrected chi connectivity index (χ4v) is 5.24. The van der Waals surface area contributed by atoms with Gasteiger partial charge in [-0.3, -0.25) is 9.59 Å². The summed E-state index contributed by atoms with van der Waals surface area (Å²) in [5.74, 6) is -1.94. The van der Waals surface area contributed by atoms with Gasteiger partial charge in [-0.1, -0.05) is 26.0 Å². The summed E-state index contributed by atoms with van der Waals surface area (Å²) in [6.07, 6.45) is -4.67. The summed E-state index contributed by atoms with van der Waals surface area (Å²) in [5, 5.41) is 2.96. The van der Waals surface area contributed by atoms with Gasteiger partial charge in [0, 0.05) is 49.7 Å². The van der Waals surface area contributed by atoms with E-state index >= 15 is 0 Å². The molecule has 206 valence electrons. The summed E-state index contributed by atoms with van der Waals surface area (Å²) >= 11 is 0. The largest absolute Gasteiger partial charge is 0.416 e. The smallest absolute Gasteiger partial charge is 0.378 e. The van der Waals surface area contributed by atoms with E-state index in [9.17, 15) is 27.2 Å². The highest BCUT2D eigenvalue weighted by Crippen LogP contribution is 2.40. The van der Waals surface area contributed by atoms with E-state index in [1.807, 2.05) is 20.8 Å². The molecule has 38 heavy (non-hydrogen) atoms. The van der Waals surface area contributed by atoms with Crippen LogP contribution < -0.4 is 10.2 Å². The predicted octanol–water partition coefficient (Wildman–Crippen LogP) is 4.48. The van der Waals surface area contributed by atoms with Gasteiger partial charge in [0.2, 0.25) is 11.8 Å². The molecule has 10 heteroatoms. The summed E-state index contributed by atoms with van der Waals surface area (Å²) in [6.45, 7) is 8.60. The van der Waals surface area contributed by atoms with Gasteiger partial charge in [0.05, 0.1) is 24.7 Å². The van der Waals surface area contributed by atoms with E-state index in [-0.39, 0.29) is 29.6 Å². The molecule has 2 aliphatic heterocycles. The van der Waals surface area contributed by atoms with Gasteiger partial charge in [-0.05, 0) is 48.4 Å². The molecule has 0 aromatic heterocycles. The molecule has 0 bridgehead atoms. The lowest BCUT2D eigenvalue weighted by atomic mass is 9.87. The van der Waals surface area contributed by atoms with Crippen LogP contribution in [0.3, 0.4) is 0 Å². The summed E-state index contributed by atoms with van der Waals surface area (Å²) in [6, 6.07) is 8.73. The van der Waals surface area contributed by atoms with Gasteiger partial charge >= 0.3 is 6.18 Å². The molecule has 0 spiro atoms. The molecule has 1 N–H and O–H groups in total. The molecule has 2 atom stereocenters. The minimum Gasteiger partial charge on any atom is -0.378 e. The molecule has 2 amide bonds. The highest BCUT2D eigenvalue weighted by Gasteiger charge is 2.37. The van der Waals surface area contributed by atoms with Gasteiger partial charge in [-0.25, -0.2) is 4.39 Å². The van der Waals surface area contributed by atoms with Crippen molar-refractivity contribution in [3.63, 3.8) is 0 Å². The molecule has 1 fully saturated rings. The van der Waals surface area contributed by atoms with Crippen LogP contribution in [0.5, 0.6) is 0 Å². The molecular formula is C28H33F4N3O3. The van der Waals surface area contributed by atoms with Gasteiger partial charge < -0.3 is 19.9 Å². The van der Waals surface area contributed by atoms with E-state index in [4.69, 9.17) is 4.74 Å². The lowest BCUT2D eigenvalue weighted by Gasteiger charge is -2.30. The predicted molar refractivity (Wildman–Crippen MR) is 135 cm³/mol. The first-order chi connectivity index (χ1) is 17.8. The second-order valence-electron chi connectivity index (χ2n) is 10.7. The Kier molecular flexibility index (Phi) is 8.01. The molecule has 2 aromatic carbocycles. The number of anilines is 1. The fraction of sp³-hybridized carbons (Fsp3) is 0.500. The summed E-state index contributed by atoms with van der Waals surface area (Å²) in [7, 11) is 0. The van der Waals surface area contributed by atoms with Crippen molar-refractivity contribution in [2.45, 2.75) is 50.7 Å². The van der Waals surface area contributed by atoms with E-state index in [1.165, 1.54) is 24.3 Å². The molecule has 2 heterocycles. The Morgan fingerprint density at radius 1 is 1.08 bits per heavy atom. The zero-order valence-corrected chi connectivity index (χ0v) is 21.8. The zero-order chi connectivity index (χ0) is 27.7. The Hall–Kier alpha value is -3.14. The first-order valence-corrected chi connectivity index (χ1v) is 12.7. The number of nitrogens with one attached hydrogen (secondary N) is 1. The van der Waals surface area contributed by atoms with Crippen LogP contribution in [0.1, 0.15) is 49.8 Å². The summed E-state index contributed by atoms with van der Waals surface area (Å²) in [5.41, 5.74) is 1.05. The van der Waals surface area contributed by atoms with Crippen LogP contribution in [0.25, 0.3) is 0 Å². The number of carbonyl (C=O) groups is 2. The molecule has 0 unspecified atom stereocenters. The number of ether oxygens (including phenoxy) is 1. The van der Waals surface area contributed by atoms with Crippen LogP contribution in [0.4, 0.5) is 23.2 Å². The van der Waals surface area contributed by atoms with Crippen molar-refractivity contribution in [1.29, 1.82) is 0 Å². The Balaban J connectivity index is 1.50. The van der Waals surface area contributed by atoms with E-state index in [0.29, 0.717) is 45.0 Å². The van der Waals surface area contributed by atoms with Gasteiger partial charge in [0.25, 0.3) is 0 Å². The van der Waals surface area contributed by atoms with Crippen LogP contribution >= 0.6 is 0 Å². The molecule has 1 saturated heterocycles. The van der Waals surface area contributed by atoms with Crippen LogP contribution in [-0.2, 0) is 25.9 Å². The molecule has 0 radical (unpaired) electrons. The van der Waals surface area contributed by atoms with Crippen molar-refractivity contribution in [3.8, 4) is 0 Å². The van der Waals surface area contributed by atoms with Crippen molar-refractivity contribution >= 4 is 17.5 Å². The molecule has 0 saturated carbocycles. The number of hydrogen-bond acceptors (Lipinski definition) is 4. The highest BCUT2D eigenvalue weighted by molar-refractivity contribution is 5.90. The van der Waals surface area contributed by atoms with Gasteiger partial charge in [-0.15, -0.1) is 0 Å². The van der Waals surface area contributed by atoms with Crippen LogP contribution in [-0.4, -0.2) is 62.1 Å². The van der Waals surface area contributed by atoms with Crippen molar-refractivity contribution < 1.29 is 31.9 Å². The first-order valence-electron chi connectivity index (χ1n) is 12.7. The van der Waals surface area contributed by atoms with Crippen molar-refractivity contribution in [3.05, 3.63) is 65.0 Å². The van der Waals surface area contributed by atoms with Crippen LogP contribution in [0.2, 0.25) is 0 Å². The number of carbonyl (C=O) groups excluding carboxylic acids is 2. The van der Waals surface area contributed by atoms with Crippen molar-refractivity contribution in [2.75, 3.05) is 44.3 Å². The maximum absolute atomic E-state index is 13.9. The number of benzene rings is 2. The van der Waals surface area contributed by atoms with E-state index in [0.717, 1.165) is 23.4 Å². The van der Waals surface area contributed by atoms with Crippen molar-refractivity contribution in [1.82, 2.24) is 10.2 Å². The normalized spacial score (nSPS) is 18.6. The molecule has 2 aliphatic rings. The quantitative estimate of drug-likeness (QED) is 0.532. The van der Waals surface area contributed by atoms with Crippen molar-refractivity contribution in [2.24, 2.45) is 0 Å². The number of hydrogen-bond donors (Lipinski definition) is 1. The topological polar surface area (TPSA) is 61.9 Å². The molecule has 2 aromatic rings. The second kappa shape index (κ2) is 10.9. The molecular weight excluding hydrogens is 502 g/mol. The first kappa shape index (κ1) is 27.9. The third-order valence-electron chi connectivity index (χ3n) is 7.20. The monoisotopic (exact) mass is 535 g/mol. The summed E-state index contributed by atoms with van der Waals surface area (Å²) < 4.78 is 58.5. The van der Waals surface area contributed by atoms with Crippen LogP contribution in [0.15, 0.2) is 42.5 Å². The fourth-order valence-electron chi connectivity index (χ4n) is 5.24. The van der Waals surface area contributed by atoms with E-state index < -0.39 is 23.6 Å². The lowest BCUT2D eigenvalue weighted by Crippen LogP contribution is -2.46. The Bertz CT molecular complexity index is 1160. The highest BCUT2D eigenvalue weighted by atomic mass is 19.4. The number of fused-ring (bicyclic) bond motifs is 1. The van der Waals surface area contributed by atoms with Gasteiger partial charge in [-0.2, -0.15) is 13.2 Å². The van der Waals surface area contributed by atoms with Crippen LogP contribution in [0, 0.1) is 5.82 Å². The molecule has 4 rings (SSSR count). The number of nitrogens with zero attached hydrogens (tertiary/aromatic N) is 2. The molecule has 6 nitrogen and oxygen atoms in total. The number of halogens is 4. The third kappa shape index (κ3) is 6.28. The van der Waals surface area contributed by atoms with E-state index in [1.54, 1.807) is 11.0 Å². The number of morpholine rings is 1. The maximum Gasteiger partial charge on any atom is 0.416 e. The standard InChI is InChI=1S/C28H33F4N3O3/c1-18(16-35-17-27(2,3)23-14-21(29)8-9-24(23)35)33-26(37)22(15-25(36)34-10-12-38-13-11-34)19-4-6-20(7-5-19)28(30,31)32/h4-9,14,18,22H,10-13,15-17H2,1-3H3,(H,33,37)/t18-,22-/m0/s1. The average Bonchev–Trinajstić information content (AvgIpc) is 3.10.